The molecule has 0 amide bonds. The number of hydrogen-bond donors (Lipinski definition) is 1. The topological polar surface area (TPSA) is 23.5 Å². The van der Waals surface area contributed by atoms with E-state index in [2.05, 4.69) is 4.90 Å². The maximum absolute atomic E-state index is 9.58. The summed E-state index contributed by atoms with van der Waals surface area (Å²) in [5.41, 5.74) is 0.958. The van der Waals surface area contributed by atoms with Crippen LogP contribution in [0.5, 0.6) is 0 Å². The van der Waals surface area contributed by atoms with Gasteiger partial charge in [-0.1, -0.05) is 23.2 Å². The van der Waals surface area contributed by atoms with Crippen LogP contribution >= 0.6 is 23.2 Å². The molecule has 1 aromatic carbocycles. The van der Waals surface area contributed by atoms with E-state index < -0.39 is 0 Å². The van der Waals surface area contributed by atoms with Gasteiger partial charge in [-0.05, 0) is 31.0 Å². The first-order valence-electron chi connectivity index (χ1n) is 5.05. The molecule has 1 aromatic rings. The number of β-amino-alcohol motifs (C(OH)–C–C–N with tert-alkyl or cyclic N) is 1. The normalized spacial score (nSPS) is 21.8. The van der Waals surface area contributed by atoms with Gasteiger partial charge in [0.2, 0.25) is 0 Å². The second-order valence-electron chi connectivity index (χ2n) is 3.84. The highest BCUT2D eigenvalue weighted by Crippen LogP contribution is 2.30. The Morgan fingerprint density at radius 3 is 2.80 bits per heavy atom. The third-order valence-electron chi connectivity index (χ3n) is 2.65. The molecule has 1 atom stereocenters. The lowest BCUT2D eigenvalue weighted by Crippen LogP contribution is -2.38. The quantitative estimate of drug-likeness (QED) is 0.823. The molecular weight excluding hydrogens is 233 g/mol. The number of nitrogens with zero attached hydrogens (tertiary/aromatic N) is 1. The van der Waals surface area contributed by atoms with Crippen molar-refractivity contribution in [3.05, 3.63) is 28.2 Å². The third-order valence-corrected chi connectivity index (χ3v) is 3.18. The maximum Gasteiger partial charge on any atom is 0.0715 e. The predicted molar refractivity (Wildman–Crippen MR) is 63.9 cm³/mol. The zero-order chi connectivity index (χ0) is 10.8. The van der Waals surface area contributed by atoms with Crippen LogP contribution in [-0.4, -0.2) is 24.3 Å². The Morgan fingerprint density at radius 1 is 1.33 bits per heavy atom. The van der Waals surface area contributed by atoms with Crippen molar-refractivity contribution in [1.82, 2.24) is 0 Å². The highest BCUT2D eigenvalue weighted by molar-refractivity contribution is 6.36. The highest BCUT2D eigenvalue weighted by atomic mass is 35.5. The van der Waals surface area contributed by atoms with Gasteiger partial charge < -0.3 is 10.0 Å². The number of aliphatic hydroxyl groups excluding tert-OH is 1. The molecule has 2 nitrogen and oxygen atoms in total. The van der Waals surface area contributed by atoms with Gasteiger partial charge in [0.1, 0.15) is 0 Å². The number of piperidine rings is 1. The molecule has 1 aliphatic rings. The van der Waals surface area contributed by atoms with E-state index in [9.17, 15) is 5.11 Å². The monoisotopic (exact) mass is 245 g/mol. The maximum atomic E-state index is 9.58. The number of aliphatic hydroxyl groups is 1. The minimum atomic E-state index is -0.245. The summed E-state index contributed by atoms with van der Waals surface area (Å²) in [4.78, 5) is 2.10. The van der Waals surface area contributed by atoms with E-state index in [1.165, 1.54) is 0 Å². The average molecular weight is 246 g/mol. The van der Waals surface area contributed by atoms with Gasteiger partial charge in [-0.2, -0.15) is 0 Å². The molecule has 4 heteroatoms. The Balaban J connectivity index is 2.21. The average Bonchev–Trinajstić information content (AvgIpc) is 2.17. The fourth-order valence-electron chi connectivity index (χ4n) is 1.91. The molecule has 0 bridgehead atoms. The van der Waals surface area contributed by atoms with Crippen molar-refractivity contribution in [1.29, 1.82) is 0 Å². The highest BCUT2D eigenvalue weighted by Gasteiger charge is 2.19. The predicted octanol–water partition coefficient (Wildman–Crippen LogP) is 2.95. The van der Waals surface area contributed by atoms with E-state index in [1.54, 1.807) is 6.07 Å². The summed E-state index contributed by atoms with van der Waals surface area (Å²) < 4.78 is 0. The second kappa shape index (κ2) is 4.60. The van der Waals surface area contributed by atoms with Crippen molar-refractivity contribution in [3.8, 4) is 0 Å². The van der Waals surface area contributed by atoms with Crippen molar-refractivity contribution in [2.24, 2.45) is 0 Å². The SMILES string of the molecule is OC1CCCN(c2ccc(Cl)cc2Cl)C1. The molecule has 1 N–H and O–H groups in total. The molecule has 2 rings (SSSR count). The summed E-state index contributed by atoms with van der Waals surface area (Å²) in [7, 11) is 0. The standard InChI is InChI=1S/C11H13Cl2NO/c12-8-3-4-11(10(13)6-8)14-5-1-2-9(15)7-14/h3-4,6,9,15H,1-2,5,7H2. The van der Waals surface area contributed by atoms with Gasteiger partial charge in [0.25, 0.3) is 0 Å². The number of anilines is 1. The van der Waals surface area contributed by atoms with E-state index in [4.69, 9.17) is 23.2 Å². The Hall–Kier alpha value is -0.440. The van der Waals surface area contributed by atoms with E-state index in [0.29, 0.717) is 16.6 Å². The molecule has 15 heavy (non-hydrogen) atoms. The van der Waals surface area contributed by atoms with Crippen LogP contribution < -0.4 is 4.90 Å². The molecule has 1 heterocycles. The van der Waals surface area contributed by atoms with Crippen LogP contribution in [0.4, 0.5) is 5.69 Å². The van der Waals surface area contributed by atoms with Gasteiger partial charge >= 0.3 is 0 Å². The van der Waals surface area contributed by atoms with Crippen LogP contribution in [0.1, 0.15) is 12.8 Å². The van der Waals surface area contributed by atoms with Crippen molar-refractivity contribution in [3.63, 3.8) is 0 Å². The molecule has 0 saturated carbocycles. The summed E-state index contributed by atoms with van der Waals surface area (Å²) in [6, 6.07) is 5.46. The van der Waals surface area contributed by atoms with Gasteiger partial charge in [0, 0.05) is 18.1 Å². The third kappa shape index (κ3) is 2.57. The van der Waals surface area contributed by atoms with Crippen LogP contribution in [0.25, 0.3) is 0 Å². The van der Waals surface area contributed by atoms with Crippen molar-refractivity contribution in [2.45, 2.75) is 18.9 Å². The van der Waals surface area contributed by atoms with E-state index in [0.717, 1.165) is 25.1 Å². The lowest BCUT2D eigenvalue weighted by Gasteiger charge is -2.32. The minimum Gasteiger partial charge on any atom is -0.391 e. The van der Waals surface area contributed by atoms with Gasteiger partial charge in [-0.25, -0.2) is 0 Å². The second-order valence-corrected chi connectivity index (χ2v) is 4.68. The smallest absolute Gasteiger partial charge is 0.0715 e. The molecule has 1 unspecified atom stereocenters. The Labute approximate surface area is 99.4 Å². The zero-order valence-electron chi connectivity index (χ0n) is 8.29. The lowest BCUT2D eigenvalue weighted by atomic mass is 10.1. The molecule has 0 spiro atoms. The Bertz CT molecular complexity index is 356. The molecular formula is C11H13Cl2NO. The summed E-state index contributed by atoms with van der Waals surface area (Å²) in [6.45, 7) is 1.60. The molecule has 1 fully saturated rings. The first-order chi connectivity index (χ1) is 7.16. The molecule has 82 valence electrons. The van der Waals surface area contributed by atoms with Crippen molar-refractivity contribution in [2.75, 3.05) is 18.0 Å². The summed E-state index contributed by atoms with van der Waals surface area (Å²) >= 11 is 11.9. The molecule has 1 saturated heterocycles. The number of halogens is 2. The van der Waals surface area contributed by atoms with Crippen LogP contribution in [-0.2, 0) is 0 Å². The van der Waals surface area contributed by atoms with Crippen LogP contribution in [0, 0.1) is 0 Å². The van der Waals surface area contributed by atoms with Crippen LogP contribution in [0.2, 0.25) is 10.0 Å². The molecule has 1 aliphatic heterocycles. The first-order valence-corrected chi connectivity index (χ1v) is 5.80. The lowest BCUT2D eigenvalue weighted by molar-refractivity contribution is 0.154. The van der Waals surface area contributed by atoms with Gasteiger partial charge in [0.05, 0.1) is 16.8 Å². The van der Waals surface area contributed by atoms with Gasteiger partial charge in [0.15, 0.2) is 0 Å². The van der Waals surface area contributed by atoms with E-state index >= 15 is 0 Å². The van der Waals surface area contributed by atoms with Crippen molar-refractivity contribution >= 4 is 28.9 Å². The zero-order valence-corrected chi connectivity index (χ0v) is 9.80. The fourth-order valence-corrected chi connectivity index (χ4v) is 2.44. The molecule has 0 radical (unpaired) electrons. The number of rotatable bonds is 1. The van der Waals surface area contributed by atoms with Gasteiger partial charge in [-0.15, -0.1) is 0 Å². The van der Waals surface area contributed by atoms with Gasteiger partial charge in [-0.3, -0.25) is 0 Å². The number of benzene rings is 1. The summed E-state index contributed by atoms with van der Waals surface area (Å²) in [5, 5.41) is 10.9. The van der Waals surface area contributed by atoms with Crippen LogP contribution in [0.3, 0.4) is 0 Å². The first kappa shape index (κ1) is 11.1. The van der Waals surface area contributed by atoms with E-state index in [1.807, 2.05) is 12.1 Å². The fraction of sp³-hybridized carbons (Fsp3) is 0.455. The molecule has 0 aromatic heterocycles. The molecule has 0 aliphatic carbocycles. The van der Waals surface area contributed by atoms with Crippen molar-refractivity contribution < 1.29 is 5.11 Å². The number of hydrogen-bond acceptors (Lipinski definition) is 2. The minimum absolute atomic E-state index is 0.245. The summed E-state index contributed by atoms with van der Waals surface area (Å²) in [6.07, 6.45) is 1.63. The van der Waals surface area contributed by atoms with Crippen LogP contribution in [0.15, 0.2) is 18.2 Å². The van der Waals surface area contributed by atoms with E-state index in [-0.39, 0.29) is 6.10 Å². The Morgan fingerprint density at radius 2 is 2.13 bits per heavy atom. The Kier molecular flexibility index (Phi) is 3.39. The largest absolute Gasteiger partial charge is 0.391 e. The summed E-state index contributed by atoms with van der Waals surface area (Å²) in [5.74, 6) is 0.